The standard InChI is InChI=1S/C17H32N2Si/c1-5-18(6-2)20(19(7-3)8-4)16-12-15-17-13-10-9-11-14-17/h9-11,13-14,20H,5-8,12,15-16H2,1-4H3. The second kappa shape index (κ2) is 10.1. The molecule has 3 heteroatoms. The molecule has 1 rings (SSSR count). The van der Waals surface area contributed by atoms with Gasteiger partial charge in [-0.2, -0.15) is 0 Å². The molecule has 0 spiro atoms. The summed E-state index contributed by atoms with van der Waals surface area (Å²) in [6.45, 7) is 14.1. The van der Waals surface area contributed by atoms with E-state index in [1.54, 1.807) is 0 Å². The molecule has 0 fully saturated rings. The van der Waals surface area contributed by atoms with Crippen molar-refractivity contribution in [3.8, 4) is 0 Å². The minimum Gasteiger partial charge on any atom is -0.315 e. The van der Waals surface area contributed by atoms with Crippen molar-refractivity contribution in [1.29, 1.82) is 0 Å². The monoisotopic (exact) mass is 292 g/mol. The lowest BCUT2D eigenvalue weighted by Crippen LogP contribution is -2.52. The molecule has 2 nitrogen and oxygen atoms in total. The maximum absolute atomic E-state index is 2.73. The number of aryl methyl sites for hydroxylation is 1. The third-order valence-corrected chi connectivity index (χ3v) is 8.31. The quantitative estimate of drug-likeness (QED) is 0.609. The van der Waals surface area contributed by atoms with Crippen LogP contribution in [-0.4, -0.2) is 44.4 Å². The SMILES string of the molecule is CCN(CC)[SiH](CCCc1ccccc1)N(CC)CC. The van der Waals surface area contributed by atoms with Gasteiger partial charge in [0.25, 0.3) is 0 Å². The molecule has 0 atom stereocenters. The topological polar surface area (TPSA) is 6.48 Å². The Hall–Kier alpha value is -0.643. The van der Waals surface area contributed by atoms with Crippen molar-refractivity contribution in [2.75, 3.05) is 26.2 Å². The molecular formula is C17H32N2Si. The number of benzene rings is 1. The molecule has 20 heavy (non-hydrogen) atoms. The van der Waals surface area contributed by atoms with E-state index in [1.807, 2.05) is 0 Å². The molecular weight excluding hydrogens is 260 g/mol. The van der Waals surface area contributed by atoms with Crippen LogP contribution in [0.15, 0.2) is 30.3 Å². The van der Waals surface area contributed by atoms with Crippen LogP contribution in [0.5, 0.6) is 0 Å². The van der Waals surface area contributed by atoms with Gasteiger partial charge in [-0.15, -0.1) is 0 Å². The average Bonchev–Trinajstić information content (AvgIpc) is 2.50. The van der Waals surface area contributed by atoms with Gasteiger partial charge in [0.1, 0.15) is 0 Å². The van der Waals surface area contributed by atoms with Crippen molar-refractivity contribution in [3.63, 3.8) is 0 Å². The summed E-state index contributed by atoms with van der Waals surface area (Å²) in [5.74, 6) is 0. The summed E-state index contributed by atoms with van der Waals surface area (Å²) in [7, 11) is -0.938. The van der Waals surface area contributed by atoms with Gasteiger partial charge in [0.15, 0.2) is 9.12 Å². The molecule has 1 aromatic rings. The lowest BCUT2D eigenvalue weighted by molar-refractivity contribution is 0.375. The van der Waals surface area contributed by atoms with Crippen molar-refractivity contribution in [3.05, 3.63) is 35.9 Å². The van der Waals surface area contributed by atoms with Gasteiger partial charge in [0, 0.05) is 0 Å². The summed E-state index contributed by atoms with van der Waals surface area (Å²) in [4.78, 5) is 0. The van der Waals surface area contributed by atoms with Crippen LogP contribution in [0.4, 0.5) is 0 Å². The van der Waals surface area contributed by atoms with Gasteiger partial charge < -0.3 is 9.13 Å². The normalized spacial score (nSPS) is 11.8. The van der Waals surface area contributed by atoms with Gasteiger partial charge in [0.05, 0.1) is 0 Å². The molecule has 0 aliphatic heterocycles. The Morgan fingerprint density at radius 1 is 0.800 bits per heavy atom. The van der Waals surface area contributed by atoms with E-state index < -0.39 is 9.12 Å². The van der Waals surface area contributed by atoms with Crippen LogP contribution >= 0.6 is 0 Å². The summed E-state index contributed by atoms with van der Waals surface area (Å²) < 4.78 is 5.47. The molecule has 0 saturated carbocycles. The second-order valence-electron chi connectivity index (χ2n) is 5.30. The number of nitrogens with zero attached hydrogens (tertiary/aromatic N) is 2. The molecule has 1 aromatic carbocycles. The lowest BCUT2D eigenvalue weighted by Gasteiger charge is -2.36. The van der Waals surface area contributed by atoms with E-state index in [0.717, 1.165) is 0 Å². The Kier molecular flexibility index (Phi) is 8.82. The zero-order chi connectivity index (χ0) is 14.8. The summed E-state index contributed by atoms with van der Waals surface area (Å²) in [5.41, 5.74) is 1.49. The van der Waals surface area contributed by atoms with Crippen LogP contribution in [-0.2, 0) is 6.42 Å². The zero-order valence-corrected chi connectivity index (χ0v) is 15.0. The maximum Gasteiger partial charge on any atom is 0.189 e. The first-order chi connectivity index (χ1) is 9.76. The molecule has 0 N–H and O–H groups in total. The van der Waals surface area contributed by atoms with Crippen molar-refractivity contribution < 1.29 is 0 Å². The molecule has 114 valence electrons. The Labute approximate surface area is 127 Å². The number of hydrogen-bond donors (Lipinski definition) is 0. The molecule has 0 aromatic heterocycles. The number of hydrogen-bond acceptors (Lipinski definition) is 2. The van der Waals surface area contributed by atoms with E-state index in [4.69, 9.17) is 0 Å². The predicted molar refractivity (Wildman–Crippen MR) is 92.6 cm³/mol. The van der Waals surface area contributed by atoms with Crippen LogP contribution in [0.3, 0.4) is 0 Å². The summed E-state index contributed by atoms with van der Waals surface area (Å²) in [5, 5.41) is 0. The van der Waals surface area contributed by atoms with E-state index in [-0.39, 0.29) is 0 Å². The third-order valence-electron chi connectivity index (χ3n) is 4.24. The van der Waals surface area contributed by atoms with Gasteiger partial charge in [0.2, 0.25) is 0 Å². The largest absolute Gasteiger partial charge is 0.315 e. The molecule has 0 saturated heterocycles. The molecule has 0 aliphatic carbocycles. The van der Waals surface area contributed by atoms with E-state index >= 15 is 0 Å². The Morgan fingerprint density at radius 2 is 1.30 bits per heavy atom. The van der Waals surface area contributed by atoms with Crippen LogP contribution in [0.1, 0.15) is 39.7 Å². The van der Waals surface area contributed by atoms with Crippen LogP contribution in [0, 0.1) is 0 Å². The Balaban J connectivity index is 2.55. The fraction of sp³-hybridized carbons (Fsp3) is 0.647. The lowest BCUT2D eigenvalue weighted by atomic mass is 10.1. The molecule has 0 bridgehead atoms. The summed E-state index contributed by atoms with van der Waals surface area (Å²) in [6, 6.07) is 12.3. The highest BCUT2D eigenvalue weighted by Gasteiger charge is 2.22. The maximum atomic E-state index is 2.73. The number of rotatable bonds is 10. The molecule has 0 aliphatic rings. The minimum absolute atomic E-state index is 0.938. The van der Waals surface area contributed by atoms with E-state index in [0.29, 0.717) is 0 Å². The van der Waals surface area contributed by atoms with Gasteiger partial charge >= 0.3 is 0 Å². The Bertz CT molecular complexity index is 322. The first kappa shape index (κ1) is 17.4. The van der Waals surface area contributed by atoms with Gasteiger partial charge in [-0.25, -0.2) is 0 Å². The highest BCUT2D eigenvalue weighted by atomic mass is 28.3. The average molecular weight is 293 g/mol. The van der Waals surface area contributed by atoms with Crippen molar-refractivity contribution in [2.45, 2.75) is 46.6 Å². The molecule has 0 amide bonds. The van der Waals surface area contributed by atoms with E-state index in [9.17, 15) is 0 Å². The minimum atomic E-state index is -0.938. The van der Waals surface area contributed by atoms with Crippen molar-refractivity contribution in [1.82, 2.24) is 9.13 Å². The highest BCUT2D eigenvalue weighted by Crippen LogP contribution is 2.12. The molecule has 0 heterocycles. The van der Waals surface area contributed by atoms with Gasteiger partial charge in [-0.1, -0.05) is 58.0 Å². The predicted octanol–water partition coefficient (Wildman–Crippen LogP) is 3.52. The summed E-state index contributed by atoms with van der Waals surface area (Å²) in [6.07, 6.45) is 2.56. The fourth-order valence-corrected chi connectivity index (χ4v) is 6.47. The smallest absolute Gasteiger partial charge is 0.189 e. The molecule has 0 unspecified atom stereocenters. The Morgan fingerprint density at radius 3 is 1.75 bits per heavy atom. The van der Waals surface area contributed by atoms with Crippen LogP contribution < -0.4 is 0 Å². The van der Waals surface area contributed by atoms with Gasteiger partial charge in [-0.3, -0.25) is 0 Å². The van der Waals surface area contributed by atoms with Crippen molar-refractivity contribution >= 4 is 9.12 Å². The fourth-order valence-electron chi connectivity index (χ4n) is 3.02. The highest BCUT2D eigenvalue weighted by molar-refractivity contribution is 6.52. The van der Waals surface area contributed by atoms with E-state index in [1.165, 1.54) is 50.6 Å². The van der Waals surface area contributed by atoms with Crippen molar-refractivity contribution in [2.24, 2.45) is 0 Å². The second-order valence-corrected chi connectivity index (χ2v) is 8.30. The van der Waals surface area contributed by atoms with Gasteiger partial charge in [-0.05, 0) is 50.6 Å². The van der Waals surface area contributed by atoms with E-state index in [2.05, 4.69) is 67.2 Å². The molecule has 0 radical (unpaired) electrons. The first-order valence-electron chi connectivity index (χ1n) is 8.28. The zero-order valence-electron chi connectivity index (χ0n) is 13.8. The first-order valence-corrected chi connectivity index (χ1v) is 10.1. The summed E-state index contributed by atoms with van der Waals surface area (Å²) >= 11 is 0. The van der Waals surface area contributed by atoms with Crippen LogP contribution in [0.2, 0.25) is 6.04 Å². The van der Waals surface area contributed by atoms with Crippen LogP contribution in [0.25, 0.3) is 0 Å². The third kappa shape index (κ3) is 5.39.